The lowest BCUT2D eigenvalue weighted by molar-refractivity contribution is 0.0696. The average molecular weight is 234 g/mol. The minimum absolute atomic E-state index is 0.0527. The van der Waals surface area contributed by atoms with Gasteiger partial charge in [0, 0.05) is 13.6 Å². The number of amides is 2. The van der Waals surface area contributed by atoms with Crippen molar-refractivity contribution in [2.24, 2.45) is 0 Å². The minimum atomic E-state index is -0.949. The van der Waals surface area contributed by atoms with Crippen LogP contribution in [0.4, 0.5) is 4.79 Å². The van der Waals surface area contributed by atoms with E-state index in [1.165, 1.54) is 0 Å². The van der Waals surface area contributed by atoms with Gasteiger partial charge in [-0.3, -0.25) is 0 Å². The van der Waals surface area contributed by atoms with Crippen LogP contribution in [0.5, 0.6) is 0 Å². The number of hydrogen-bond acceptors (Lipinski definition) is 2. The van der Waals surface area contributed by atoms with Crippen LogP contribution in [0, 0.1) is 0 Å². The van der Waals surface area contributed by atoms with Crippen LogP contribution in [-0.2, 0) is 0 Å². The first-order valence-electron chi connectivity index (χ1n) is 5.43. The highest BCUT2D eigenvalue weighted by Crippen LogP contribution is 2.25. The van der Waals surface area contributed by atoms with Crippen LogP contribution in [0.2, 0.25) is 0 Å². The largest absolute Gasteiger partial charge is 0.478 e. The first kappa shape index (κ1) is 11.4. The van der Waals surface area contributed by atoms with Gasteiger partial charge in [0.05, 0.1) is 11.6 Å². The highest BCUT2D eigenvalue weighted by molar-refractivity contribution is 5.87. The van der Waals surface area contributed by atoms with Gasteiger partial charge in [-0.15, -0.1) is 0 Å². The molecule has 2 amide bonds. The number of urea groups is 1. The molecule has 0 saturated carbocycles. The number of nitrogens with one attached hydrogen (secondary N) is 1. The van der Waals surface area contributed by atoms with E-state index in [1.807, 2.05) is 6.07 Å². The zero-order chi connectivity index (χ0) is 12.4. The SMILES string of the molecule is CN1C(=O)NCCC1c1cccc(C(=O)O)c1. The molecule has 5 nitrogen and oxygen atoms in total. The molecule has 17 heavy (non-hydrogen) atoms. The van der Waals surface area contributed by atoms with Gasteiger partial charge < -0.3 is 15.3 Å². The van der Waals surface area contributed by atoms with E-state index in [2.05, 4.69) is 5.32 Å². The van der Waals surface area contributed by atoms with E-state index < -0.39 is 5.97 Å². The predicted molar refractivity (Wildman–Crippen MR) is 61.9 cm³/mol. The molecular formula is C12H14N2O3. The summed E-state index contributed by atoms with van der Waals surface area (Å²) in [5, 5.41) is 11.7. The number of carbonyl (C=O) groups is 2. The Morgan fingerprint density at radius 3 is 3.00 bits per heavy atom. The molecule has 2 N–H and O–H groups in total. The van der Waals surface area contributed by atoms with Crippen molar-refractivity contribution in [2.75, 3.05) is 13.6 Å². The fraction of sp³-hybridized carbons (Fsp3) is 0.333. The van der Waals surface area contributed by atoms with Crippen LogP contribution >= 0.6 is 0 Å². The zero-order valence-electron chi connectivity index (χ0n) is 9.51. The summed E-state index contributed by atoms with van der Waals surface area (Å²) in [6, 6.07) is 6.56. The highest BCUT2D eigenvalue weighted by atomic mass is 16.4. The molecule has 1 heterocycles. The van der Waals surface area contributed by atoms with Gasteiger partial charge in [-0.1, -0.05) is 12.1 Å². The van der Waals surface area contributed by atoms with Crippen molar-refractivity contribution in [3.8, 4) is 0 Å². The average Bonchev–Trinajstić information content (AvgIpc) is 2.33. The molecule has 2 rings (SSSR count). The Morgan fingerprint density at radius 1 is 1.53 bits per heavy atom. The van der Waals surface area contributed by atoms with Crippen molar-refractivity contribution in [1.82, 2.24) is 10.2 Å². The van der Waals surface area contributed by atoms with E-state index in [0.717, 1.165) is 12.0 Å². The lowest BCUT2D eigenvalue weighted by Crippen LogP contribution is -2.45. The molecule has 1 saturated heterocycles. The van der Waals surface area contributed by atoms with Gasteiger partial charge in [-0.2, -0.15) is 0 Å². The molecule has 0 radical (unpaired) electrons. The second kappa shape index (κ2) is 4.45. The minimum Gasteiger partial charge on any atom is -0.478 e. The third-order valence-electron chi connectivity index (χ3n) is 3.00. The van der Waals surface area contributed by atoms with Crippen molar-refractivity contribution in [3.05, 3.63) is 35.4 Å². The smallest absolute Gasteiger partial charge is 0.335 e. The molecule has 1 unspecified atom stereocenters. The van der Waals surface area contributed by atoms with Crippen LogP contribution < -0.4 is 5.32 Å². The van der Waals surface area contributed by atoms with Gasteiger partial charge in [0.2, 0.25) is 0 Å². The molecule has 1 aromatic carbocycles. The summed E-state index contributed by atoms with van der Waals surface area (Å²) in [5.41, 5.74) is 1.11. The second-order valence-electron chi connectivity index (χ2n) is 4.08. The van der Waals surface area contributed by atoms with Crippen molar-refractivity contribution in [1.29, 1.82) is 0 Å². The number of benzene rings is 1. The Kier molecular flexibility index (Phi) is 2.99. The number of nitrogens with zero attached hydrogens (tertiary/aromatic N) is 1. The van der Waals surface area contributed by atoms with Crippen LogP contribution in [-0.4, -0.2) is 35.6 Å². The summed E-state index contributed by atoms with van der Waals surface area (Å²) in [7, 11) is 1.71. The molecule has 0 aliphatic carbocycles. The fourth-order valence-corrected chi connectivity index (χ4v) is 2.04. The van der Waals surface area contributed by atoms with Crippen LogP contribution in [0.3, 0.4) is 0 Å². The number of carboxylic acids is 1. The zero-order valence-corrected chi connectivity index (χ0v) is 9.51. The van der Waals surface area contributed by atoms with Gasteiger partial charge in [-0.25, -0.2) is 9.59 Å². The normalized spacial score (nSPS) is 19.9. The first-order valence-corrected chi connectivity index (χ1v) is 5.43. The maximum atomic E-state index is 11.5. The summed E-state index contributed by atoms with van der Waals surface area (Å²) in [6.07, 6.45) is 0.783. The van der Waals surface area contributed by atoms with Gasteiger partial charge >= 0.3 is 12.0 Å². The van der Waals surface area contributed by atoms with Crippen molar-refractivity contribution in [2.45, 2.75) is 12.5 Å². The Labute approximate surface area is 99.0 Å². The number of carbonyl (C=O) groups excluding carboxylic acids is 1. The van der Waals surface area contributed by atoms with Gasteiger partial charge in [0.25, 0.3) is 0 Å². The van der Waals surface area contributed by atoms with E-state index >= 15 is 0 Å². The third-order valence-corrected chi connectivity index (χ3v) is 3.00. The Bertz CT molecular complexity index is 459. The van der Waals surface area contributed by atoms with Crippen molar-refractivity contribution >= 4 is 12.0 Å². The number of hydrogen-bond donors (Lipinski definition) is 2. The molecule has 0 bridgehead atoms. The number of aromatic carboxylic acids is 1. The first-order chi connectivity index (χ1) is 8.09. The Morgan fingerprint density at radius 2 is 2.29 bits per heavy atom. The molecule has 5 heteroatoms. The monoisotopic (exact) mass is 234 g/mol. The van der Waals surface area contributed by atoms with Crippen LogP contribution in [0.1, 0.15) is 28.4 Å². The lowest BCUT2D eigenvalue weighted by atomic mass is 9.99. The topological polar surface area (TPSA) is 69.6 Å². The van der Waals surface area contributed by atoms with E-state index in [4.69, 9.17) is 5.11 Å². The summed E-state index contributed by atoms with van der Waals surface area (Å²) < 4.78 is 0. The maximum absolute atomic E-state index is 11.5. The van der Waals surface area contributed by atoms with E-state index in [1.54, 1.807) is 30.1 Å². The molecular weight excluding hydrogens is 220 g/mol. The van der Waals surface area contributed by atoms with E-state index in [0.29, 0.717) is 6.54 Å². The van der Waals surface area contributed by atoms with Gasteiger partial charge in [-0.05, 0) is 24.1 Å². The summed E-state index contributed by atoms with van der Waals surface area (Å²) >= 11 is 0. The lowest BCUT2D eigenvalue weighted by Gasteiger charge is -2.33. The number of rotatable bonds is 2. The molecule has 0 spiro atoms. The highest BCUT2D eigenvalue weighted by Gasteiger charge is 2.25. The standard InChI is InChI=1S/C12H14N2O3/c1-14-10(5-6-13-12(14)17)8-3-2-4-9(7-8)11(15)16/h2-4,7,10H,5-6H2,1H3,(H,13,17)(H,15,16). The molecule has 1 aliphatic heterocycles. The second-order valence-corrected chi connectivity index (χ2v) is 4.08. The van der Waals surface area contributed by atoms with Crippen molar-refractivity contribution in [3.63, 3.8) is 0 Å². The molecule has 1 aliphatic rings. The van der Waals surface area contributed by atoms with Gasteiger partial charge in [0.1, 0.15) is 0 Å². The molecule has 90 valence electrons. The maximum Gasteiger partial charge on any atom is 0.335 e. The summed E-state index contributed by atoms with van der Waals surface area (Å²) in [4.78, 5) is 24.0. The van der Waals surface area contributed by atoms with E-state index in [-0.39, 0.29) is 17.6 Å². The summed E-state index contributed by atoms with van der Waals surface area (Å²) in [6.45, 7) is 0.616. The molecule has 1 aromatic rings. The Hall–Kier alpha value is -2.04. The molecule has 1 fully saturated rings. The number of carboxylic acid groups (broad SMARTS) is 1. The van der Waals surface area contributed by atoms with E-state index in [9.17, 15) is 9.59 Å². The predicted octanol–water partition coefficient (Wildman–Crippen LogP) is 1.47. The van der Waals surface area contributed by atoms with Gasteiger partial charge in [0.15, 0.2) is 0 Å². The summed E-state index contributed by atoms with van der Waals surface area (Å²) in [5.74, 6) is -0.949. The van der Waals surface area contributed by atoms with Crippen molar-refractivity contribution < 1.29 is 14.7 Å². The third kappa shape index (κ3) is 2.22. The fourth-order valence-electron chi connectivity index (χ4n) is 2.04. The Balaban J connectivity index is 2.29. The van der Waals surface area contributed by atoms with Crippen LogP contribution in [0.25, 0.3) is 0 Å². The molecule has 1 atom stereocenters. The quantitative estimate of drug-likeness (QED) is 0.814. The van der Waals surface area contributed by atoms with Crippen LogP contribution in [0.15, 0.2) is 24.3 Å². The molecule has 0 aromatic heterocycles.